The molecule has 0 fully saturated rings. The van der Waals surface area contributed by atoms with Gasteiger partial charge in [0.25, 0.3) is 0 Å². The van der Waals surface area contributed by atoms with Gasteiger partial charge in [-0.1, -0.05) is 0 Å². The van der Waals surface area contributed by atoms with Crippen LogP contribution in [0.5, 0.6) is 0 Å². The van der Waals surface area contributed by atoms with Gasteiger partial charge in [0.15, 0.2) is 5.90 Å². The maximum atomic E-state index is 7.11. The van der Waals surface area contributed by atoms with Crippen LogP contribution in [0, 0.1) is 10.8 Å². The molecule has 0 heterocycles. The summed E-state index contributed by atoms with van der Waals surface area (Å²) in [6.07, 6.45) is 2.13. The molecule has 0 aromatic heterocycles. The predicted molar refractivity (Wildman–Crippen MR) is 40.6 cm³/mol. The smallest absolute Gasteiger partial charge is 0.186 e. The summed E-state index contributed by atoms with van der Waals surface area (Å²) >= 11 is 1.33. The molecular weight excluding hydrogens is 136 g/mol. The van der Waals surface area contributed by atoms with E-state index in [2.05, 4.69) is 4.74 Å². The summed E-state index contributed by atoms with van der Waals surface area (Å²) in [5, 5.41) is 14.6. The number of hydrogen-bond donors (Lipinski definition) is 2. The van der Waals surface area contributed by atoms with Gasteiger partial charge in [0.1, 0.15) is 0 Å². The van der Waals surface area contributed by atoms with Crippen LogP contribution in [-0.2, 0) is 4.74 Å². The van der Waals surface area contributed by atoms with Crippen molar-refractivity contribution in [1.82, 2.24) is 0 Å². The molecule has 4 heteroatoms. The lowest BCUT2D eigenvalue weighted by Crippen LogP contribution is -2.03. The van der Waals surface area contributed by atoms with Gasteiger partial charge < -0.3 is 4.74 Å². The average Bonchev–Trinajstić information content (AvgIpc) is 1.87. The second kappa shape index (κ2) is 4.38. The van der Waals surface area contributed by atoms with E-state index in [1.807, 2.05) is 6.26 Å². The number of hydrogen-bond acceptors (Lipinski definition) is 4. The Bertz CT molecular complexity index is 110. The Morgan fingerprint density at radius 2 is 2.11 bits per heavy atom. The summed E-state index contributed by atoms with van der Waals surface area (Å²) in [7, 11) is 1.44. The number of methoxy groups -OCH3 is 1. The lowest BCUT2D eigenvalue weighted by atomic mass is 10.5. The maximum absolute atomic E-state index is 7.11. The van der Waals surface area contributed by atoms with Gasteiger partial charge in [0.05, 0.1) is 18.6 Å². The van der Waals surface area contributed by atoms with Crippen LogP contribution >= 0.6 is 11.8 Å². The second-order valence-electron chi connectivity index (χ2n) is 1.43. The zero-order valence-electron chi connectivity index (χ0n) is 5.52. The zero-order valence-corrected chi connectivity index (χ0v) is 6.34. The van der Waals surface area contributed by atoms with Crippen molar-refractivity contribution in [3.63, 3.8) is 0 Å². The van der Waals surface area contributed by atoms with Crippen LogP contribution in [0.15, 0.2) is 0 Å². The molecular formula is C5H10N2OS. The summed E-state index contributed by atoms with van der Waals surface area (Å²) in [5.41, 5.74) is 0. The van der Waals surface area contributed by atoms with Crippen molar-refractivity contribution >= 4 is 22.7 Å². The first-order valence-corrected chi connectivity index (χ1v) is 3.66. The molecule has 52 valence electrons. The van der Waals surface area contributed by atoms with Crippen molar-refractivity contribution in [1.29, 1.82) is 10.8 Å². The predicted octanol–water partition coefficient (Wildman–Crippen LogP) is 1.34. The fraction of sp³-hybridized carbons (Fsp3) is 0.600. The highest BCUT2D eigenvalue weighted by molar-refractivity contribution is 8.13. The molecule has 9 heavy (non-hydrogen) atoms. The highest BCUT2D eigenvalue weighted by Crippen LogP contribution is 2.00. The van der Waals surface area contributed by atoms with Crippen LogP contribution < -0.4 is 0 Å². The number of rotatable bonds is 2. The standard InChI is InChI=1S/C5H10N2OS/c1-8-4(6)3-5(7)9-2/h6-7H,3H2,1-2H3. The topological polar surface area (TPSA) is 56.9 Å². The van der Waals surface area contributed by atoms with E-state index in [1.165, 1.54) is 18.9 Å². The van der Waals surface area contributed by atoms with Gasteiger partial charge in [0.2, 0.25) is 0 Å². The summed E-state index contributed by atoms with van der Waals surface area (Å²) < 4.78 is 4.55. The first-order valence-electron chi connectivity index (χ1n) is 2.43. The third-order valence-corrected chi connectivity index (χ3v) is 1.45. The molecule has 0 unspecified atom stereocenters. The molecule has 0 atom stereocenters. The minimum Gasteiger partial charge on any atom is -0.484 e. The van der Waals surface area contributed by atoms with Crippen LogP contribution in [0.2, 0.25) is 0 Å². The lowest BCUT2D eigenvalue weighted by Gasteiger charge is -1.99. The third-order valence-electron chi connectivity index (χ3n) is 0.814. The van der Waals surface area contributed by atoms with E-state index in [0.29, 0.717) is 11.5 Å². The molecule has 0 aliphatic rings. The van der Waals surface area contributed by atoms with Crippen molar-refractivity contribution in [2.24, 2.45) is 0 Å². The van der Waals surface area contributed by atoms with Crippen molar-refractivity contribution in [3.8, 4) is 0 Å². The average molecular weight is 146 g/mol. The molecule has 0 spiro atoms. The molecule has 0 amide bonds. The zero-order chi connectivity index (χ0) is 7.28. The van der Waals surface area contributed by atoms with Crippen LogP contribution in [0.1, 0.15) is 6.42 Å². The molecule has 0 saturated carbocycles. The minimum absolute atomic E-state index is 0.148. The minimum atomic E-state index is 0.148. The van der Waals surface area contributed by atoms with Crippen LogP contribution in [0.25, 0.3) is 0 Å². The first kappa shape index (κ1) is 8.49. The van der Waals surface area contributed by atoms with Gasteiger partial charge in [-0.2, -0.15) is 0 Å². The molecule has 0 radical (unpaired) electrons. The van der Waals surface area contributed by atoms with Crippen LogP contribution in [-0.4, -0.2) is 24.3 Å². The maximum Gasteiger partial charge on any atom is 0.186 e. The molecule has 0 aromatic rings. The molecule has 0 aromatic carbocycles. The van der Waals surface area contributed by atoms with E-state index in [-0.39, 0.29) is 5.90 Å². The summed E-state index contributed by atoms with van der Waals surface area (Å²) in [5.74, 6) is 0.148. The normalized spacial score (nSPS) is 8.67. The summed E-state index contributed by atoms with van der Waals surface area (Å²) in [6, 6.07) is 0. The van der Waals surface area contributed by atoms with Gasteiger partial charge in [-0.3, -0.25) is 10.8 Å². The van der Waals surface area contributed by atoms with E-state index in [4.69, 9.17) is 10.8 Å². The Morgan fingerprint density at radius 1 is 1.56 bits per heavy atom. The van der Waals surface area contributed by atoms with Gasteiger partial charge >= 0.3 is 0 Å². The van der Waals surface area contributed by atoms with E-state index in [1.54, 1.807) is 0 Å². The Morgan fingerprint density at radius 3 is 2.44 bits per heavy atom. The second-order valence-corrected chi connectivity index (χ2v) is 2.33. The van der Waals surface area contributed by atoms with E-state index >= 15 is 0 Å². The summed E-state index contributed by atoms with van der Waals surface area (Å²) in [6.45, 7) is 0. The Kier molecular flexibility index (Phi) is 4.13. The fourth-order valence-corrected chi connectivity index (χ4v) is 0.566. The van der Waals surface area contributed by atoms with Gasteiger partial charge in [-0.05, 0) is 6.26 Å². The van der Waals surface area contributed by atoms with Crippen LogP contribution in [0.4, 0.5) is 0 Å². The number of ether oxygens (including phenoxy) is 1. The molecule has 0 bridgehead atoms. The lowest BCUT2D eigenvalue weighted by molar-refractivity contribution is 0.393. The highest BCUT2D eigenvalue weighted by Gasteiger charge is 1.98. The molecule has 2 N–H and O–H groups in total. The first-order chi connectivity index (χ1) is 4.20. The molecule has 3 nitrogen and oxygen atoms in total. The Hall–Kier alpha value is -0.510. The van der Waals surface area contributed by atoms with Crippen molar-refractivity contribution in [3.05, 3.63) is 0 Å². The number of nitrogens with one attached hydrogen (secondary N) is 2. The summed E-state index contributed by atoms with van der Waals surface area (Å²) in [4.78, 5) is 0. The SMILES string of the molecule is COC(=N)CC(=N)SC. The molecule has 0 saturated heterocycles. The van der Waals surface area contributed by atoms with Gasteiger partial charge in [-0.15, -0.1) is 11.8 Å². The van der Waals surface area contributed by atoms with E-state index < -0.39 is 0 Å². The fourth-order valence-electron chi connectivity index (χ4n) is 0.290. The van der Waals surface area contributed by atoms with Gasteiger partial charge in [0, 0.05) is 0 Å². The molecule has 0 rings (SSSR count). The van der Waals surface area contributed by atoms with Crippen molar-refractivity contribution < 1.29 is 4.74 Å². The van der Waals surface area contributed by atoms with E-state index in [9.17, 15) is 0 Å². The highest BCUT2D eigenvalue weighted by atomic mass is 32.2. The monoisotopic (exact) mass is 146 g/mol. The van der Waals surface area contributed by atoms with Crippen molar-refractivity contribution in [2.75, 3.05) is 13.4 Å². The van der Waals surface area contributed by atoms with Crippen LogP contribution in [0.3, 0.4) is 0 Å². The molecule has 0 aliphatic carbocycles. The Balaban J connectivity index is 3.47. The van der Waals surface area contributed by atoms with Gasteiger partial charge in [-0.25, -0.2) is 0 Å². The largest absolute Gasteiger partial charge is 0.484 e. The molecule has 0 aliphatic heterocycles. The number of thioether (sulfide) groups is 1. The third kappa shape index (κ3) is 4.02. The Labute approximate surface area is 58.8 Å². The van der Waals surface area contributed by atoms with E-state index in [0.717, 1.165) is 0 Å². The van der Waals surface area contributed by atoms with Crippen molar-refractivity contribution in [2.45, 2.75) is 6.42 Å². The quantitative estimate of drug-likeness (QED) is 0.456.